The van der Waals surface area contributed by atoms with Gasteiger partial charge in [-0.2, -0.15) is 0 Å². The molecule has 0 radical (unpaired) electrons. The number of carbonyl (C=O) groups is 2. The highest BCUT2D eigenvalue weighted by Crippen LogP contribution is 2.30. The third-order valence-corrected chi connectivity index (χ3v) is 2.64. The SMILES string of the molecule is CCC(C=O)N(C(=O)OC(C)(C)C)c1ccccc1O. The van der Waals surface area contributed by atoms with Gasteiger partial charge < -0.3 is 14.6 Å². The molecule has 110 valence electrons. The number of phenols is 1. The molecular weight excluding hydrogens is 258 g/mol. The molecule has 20 heavy (non-hydrogen) atoms. The first-order valence-electron chi connectivity index (χ1n) is 6.55. The molecular formula is C15H21NO4. The Hall–Kier alpha value is -2.04. The molecule has 5 heteroatoms. The molecule has 1 aromatic rings. The van der Waals surface area contributed by atoms with E-state index >= 15 is 0 Å². The van der Waals surface area contributed by atoms with Gasteiger partial charge in [0.1, 0.15) is 17.6 Å². The van der Waals surface area contributed by atoms with Crippen molar-refractivity contribution in [3.63, 3.8) is 0 Å². The fraction of sp³-hybridized carbons (Fsp3) is 0.467. The van der Waals surface area contributed by atoms with Gasteiger partial charge in [-0.1, -0.05) is 19.1 Å². The van der Waals surface area contributed by atoms with Gasteiger partial charge in [-0.25, -0.2) is 4.79 Å². The lowest BCUT2D eigenvalue weighted by molar-refractivity contribution is -0.109. The molecule has 0 bridgehead atoms. The number of hydrogen-bond donors (Lipinski definition) is 1. The summed E-state index contributed by atoms with van der Waals surface area (Å²) in [5, 5.41) is 9.90. The van der Waals surface area contributed by atoms with Crippen LogP contribution in [0.1, 0.15) is 34.1 Å². The zero-order valence-corrected chi connectivity index (χ0v) is 12.3. The van der Waals surface area contributed by atoms with Gasteiger partial charge in [0.15, 0.2) is 0 Å². The minimum absolute atomic E-state index is 0.0707. The second-order valence-corrected chi connectivity index (χ2v) is 5.45. The summed E-state index contributed by atoms with van der Waals surface area (Å²) >= 11 is 0. The molecule has 0 fully saturated rings. The van der Waals surface area contributed by atoms with Gasteiger partial charge in [0, 0.05) is 0 Å². The van der Waals surface area contributed by atoms with Gasteiger partial charge in [0.2, 0.25) is 0 Å². The second-order valence-electron chi connectivity index (χ2n) is 5.45. The number of rotatable bonds is 4. The number of amides is 1. The Morgan fingerprint density at radius 1 is 1.40 bits per heavy atom. The van der Waals surface area contributed by atoms with Gasteiger partial charge in [-0.05, 0) is 39.3 Å². The van der Waals surface area contributed by atoms with Crippen molar-refractivity contribution >= 4 is 18.1 Å². The number of para-hydroxylation sites is 2. The van der Waals surface area contributed by atoms with Gasteiger partial charge in [0.05, 0.1) is 11.7 Å². The number of aldehydes is 1. The molecule has 0 aliphatic carbocycles. The first kappa shape index (κ1) is 16.0. The van der Waals surface area contributed by atoms with Gasteiger partial charge >= 0.3 is 6.09 Å². The Bertz CT molecular complexity index is 479. The molecule has 1 atom stereocenters. The summed E-state index contributed by atoms with van der Waals surface area (Å²) in [5.74, 6) is -0.0707. The topological polar surface area (TPSA) is 66.8 Å². The van der Waals surface area contributed by atoms with Crippen LogP contribution in [-0.4, -0.2) is 29.1 Å². The molecule has 0 saturated heterocycles. The van der Waals surface area contributed by atoms with Crippen molar-refractivity contribution in [2.45, 2.75) is 45.8 Å². The highest BCUT2D eigenvalue weighted by atomic mass is 16.6. The van der Waals surface area contributed by atoms with E-state index in [1.54, 1.807) is 45.9 Å². The fourth-order valence-electron chi connectivity index (χ4n) is 1.73. The highest BCUT2D eigenvalue weighted by molar-refractivity contribution is 5.94. The van der Waals surface area contributed by atoms with E-state index in [0.717, 1.165) is 0 Å². The molecule has 0 aliphatic rings. The first-order valence-corrected chi connectivity index (χ1v) is 6.55. The van der Waals surface area contributed by atoms with Gasteiger partial charge in [-0.15, -0.1) is 0 Å². The van der Waals surface area contributed by atoms with E-state index in [2.05, 4.69) is 0 Å². The first-order chi connectivity index (χ1) is 9.30. The van der Waals surface area contributed by atoms with Crippen LogP contribution in [0.4, 0.5) is 10.5 Å². The van der Waals surface area contributed by atoms with E-state index < -0.39 is 17.7 Å². The molecule has 0 aromatic heterocycles. The quantitative estimate of drug-likeness (QED) is 0.860. The summed E-state index contributed by atoms with van der Waals surface area (Å²) in [7, 11) is 0. The Balaban J connectivity index is 3.19. The van der Waals surface area contributed by atoms with E-state index in [1.807, 2.05) is 0 Å². The molecule has 0 spiro atoms. The average molecular weight is 279 g/mol. The molecule has 5 nitrogen and oxygen atoms in total. The third kappa shape index (κ3) is 3.98. The van der Waals surface area contributed by atoms with Crippen LogP contribution in [0.5, 0.6) is 5.75 Å². The number of hydrogen-bond acceptors (Lipinski definition) is 4. The van der Waals surface area contributed by atoms with Crippen molar-refractivity contribution in [3.8, 4) is 5.75 Å². The van der Waals surface area contributed by atoms with Crippen LogP contribution in [0.2, 0.25) is 0 Å². The number of benzene rings is 1. The van der Waals surface area contributed by atoms with Crippen LogP contribution in [0.3, 0.4) is 0 Å². The Morgan fingerprint density at radius 3 is 2.45 bits per heavy atom. The van der Waals surface area contributed by atoms with Crippen LogP contribution < -0.4 is 4.90 Å². The van der Waals surface area contributed by atoms with Crippen molar-refractivity contribution in [1.29, 1.82) is 0 Å². The maximum Gasteiger partial charge on any atom is 0.415 e. The van der Waals surface area contributed by atoms with Crippen LogP contribution in [0, 0.1) is 0 Å². The second kappa shape index (κ2) is 6.41. The van der Waals surface area contributed by atoms with Gasteiger partial charge in [-0.3, -0.25) is 4.90 Å². The van der Waals surface area contributed by atoms with E-state index in [4.69, 9.17) is 4.74 Å². The van der Waals surface area contributed by atoms with Crippen molar-refractivity contribution in [1.82, 2.24) is 0 Å². The molecule has 0 heterocycles. The number of ether oxygens (including phenoxy) is 1. The largest absolute Gasteiger partial charge is 0.506 e. The molecule has 1 amide bonds. The summed E-state index contributed by atoms with van der Waals surface area (Å²) in [6.07, 6.45) is 0.450. The molecule has 1 unspecified atom stereocenters. The number of anilines is 1. The number of aromatic hydroxyl groups is 1. The van der Waals surface area contributed by atoms with Crippen LogP contribution >= 0.6 is 0 Å². The fourth-order valence-corrected chi connectivity index (χ4v) is 1.73. The molecule has 1 N–H and O–H groups in total. The monoisotopic (exact) mass is 279 g/mol. The van der Waals surface area contributed by atoms with Crippen molar-refractivity contribution in [2.24, 2.45) is 0 Å². The van der Waals surface area contributed by atoms with E-state index in [-0.39, 0.29) is 11.4 Å². The Morgan fingerprint density at radius 2 is 2.00 bits per heavy atom. The maximum atomic E-state index is 12.3. The van der Waals surface area contributed by atoms with E-state index in [0.29, 0.717) is 12.7 Å². The maximum absolute atomic E-state index is 12.3. The third-order valence-electron chi connectivity index (χ3n) is 2.64. The van der Waals surface area contributed by atoms with Crippen LogP contribution in [0.15, 0.2) is 24.3 Å². The zero-order valence-electron chi connectivity index (χ0n) is 12.3. The van der Waals surface area contributed by atoms with Crippen LogP contribution in [-0.2, 0) is 9.53 Å². The van der Waals surface area contributed by atoms with E-state index in [1.165, 1.54) is 11.0 Å². The Labute approximate surface area is 119 Å². The van der Waals surface area contributed by atoms with Crippen molar-refractivity contribution in [2.75, 3.05) is 4.90 Å². The van der Waals surface area contributed by atoms with E-state index in [9.17, 15) is 14.7 Å². The summed E-state index contributed by atoms with van der Waals surface area (Å²) in [6.45, 7) is 7.03. The number of phenolic OH excluding ortho intramolecular Hbond substituents is 1. The standard InChI is InChI=1S/C15H21NO4/c1-5-11(10-17)16(14(19)20-15(2,3)4)12-8-6-7-9-13(12)18/h6-11,18H,5H2,1-4H3. The van der Waals surface area contributed by atoms with Crippen molar-refractivity contribution < 1.29 is 19.4 Å². The molecule has 0 saturated carbocycles. The predicted octanol–water partition coefficient (Wildman–Crippen LogP) is 3.11. The minimum atomic E-state index is -0.682. The van der Waals surface area contributed by atoms with Gasteiger partial charge in [0.25, 0.3) is 0 Å². The predicted molar refractivity (Wildman–Crippen MR) is 77.0 cm³/mol. The lowest BCUT2D eigenvalue weighted by Gasteiger charge is -2.30. The summed E-state index contributed by atoms with van der Waals surface area (Å²) < 4.78 is 5.31. The smallest absolute Gasteiger partial charge is 0.415 e. The summed E-state index contributed by atoms with van der Waals surface area (Å²) in [5.41, 5.74) is -0.415. The molecule has 1 aromatic carbocycles. The van der Waals surface area contributed by atoms with Crippen LogP contribution in [0.25, 0.3) is 0 Å². The minimum Gasteiger partial charge on any atom is -0.506 e. The number of carbonyl (C=O) groups excluding carboxylic acids is 2. The lowest BCUT2D eigenvalue weighted by atomic mass is 10.1. The van der Waals surface area contributed by atoms with Crippen molar-refractivity contribution in [3.05, 3.63) is 24.3 Å². The molecule has 0 aliphatic heterocycles. The number of nitrogens with zero attached hydrogens (tertiary/aromatic N) is 1. The normalized spacial score (nSPS) is 12.6. The summed E-state index contributed by atoms with van der Waals surface area (Å²) in [4.78, 5) is 24.7. The highest BCUT2D eigenvalue weighted by Gasteiger charge is 2.30. The average Bonchev–Trinajstić information content (AvgIpc) is 2.35. The zero-order chi connectivity index (χ0) is 15.3. The Kier molecular flexibility index (Phi) is 5.13. The molecule has 1 rings (SSSR count). The summed E-state index contributed by atoms with van der Waals surface area (Å²) in [6, 6.07) is 5.69. The lowest BCUT2D eigenvalue weighted by Crippen LogP contribution is -2.44.